The van der Waals surface area contributed by atoms with E-state index in [0.717, 1.165) is 29.4 Å². The molecule has 1 aliphatic rings. The molecule has 0 saturated heterocycles. The SMILES string of the molecule is O=C(O)CCCCc1cccc2c1B(O)OC2. The van der Waals surface area contributed by atoms with Gasteiger partial charge in [0.05, 0.1) is 6.61 Å². The van der Waals surface area contributed by atoms with Crippen molar-refractivity contribution in [3.63, 3.8) is 0 Å². The summed E-state index contributed by atoms with van der Waals surface area (Å²) in [5.74, 6) is -0.758. The van der Waals surface area contributed by atoms with Gasteiger partial charge in [-0.1, -0.05) is 18.2 Å². The lowest BCUT2D eigenvalue weighted by atomic mass is 9.75. The Hall–Kier alpha value is -1.33. The second-order valence-electron chi connectivity index (χ2n) is 4.25. The zero-order valence-corrected chi connectivity index (χ0v) is 9.56. The molecule has 2 rings (SSSR count). The van der Waals surface area contributed by atoms with Crippen LogP contribution in [0.25, 0.3) is 0 Å². The number of carbonyl (C=O) groups is 1. The van der Waals surface area contributed by atoms with Crippen LogP contribution in [0.1, 0.15) is 30.4 Å². The second kappa shape index (κ2) is 5.34. The lowest BCUT2D eigenvalue weighted by Gasteiger charge is -2.07. The Bertz CT molecular complexity index is 419. The molecule has 0 saturated carbocycles. The average molecular weight is 234 g/mol. The summed E-state index contributed by atoms with van der Waals surface area (Å²) in [6.07, 6.45) is 2.47. The number of rotatable bonds is 5. The minimum Gasteiger partial charge on any atom is -0.481 e. The molecule has 0 aliphatic carbocycles. The molecule has 0 unspecified atom stereocenters. The number of fused-ring (bicyclic) bond motifs is 1. The molecule has 0 radical (unpaired) electrons. The van der Waals surface area contributed by atoms with Crippen LogP contribution in [-0.2, 0) is 22.5 Å². The Balaban J connectivity index is 1.97. The van der Waals surface area contributed by atoms with Gasteiger partial charge in [-0.15, -0.1) is 0 Å². The Morgan fingerprint density at radius 2 is 2.24 bits per heavy atom. The second-order valence-corrected chi connectivity index (χ2v) is 4.25. The van der Waals surface area contributed by atoms with E-state index in [9.17, 15) is 9.82 Å². The average Bonchev–Trinajstić information content (AvgIpc) is 2.67. The van der Waals surface area contributed by atoms with Crippen LogP contribution in [0.4, 0.5) is 0 Å². The third-order valence-electron chi connectivity index (χ3n) is 3.02. The summed E-state index contributed by atoms with van der Waals surface area (Å²) in [5.41, 5.74) is 2.98. The van der Waals surface area contributed by atoms with E-state index >= 15 is 0 Å². The van der Waals surface area contributed by atoms with Crippen LogP contribution in [0.3, 0.4) is 0 Å². The molecule has 5 heteroatoms. The first-order valence-electron chi connectivity index (χ1n) is 5.80. The van der Waals surface area contributed by atoms with E-state index < -0.39 is 13.1 Å². The third kappa shape index (κ3) is 2.87. The molecule has 1 aromatic carbocycles. The van der Waals surface area contributed by atoms with Crippen molar-refractivity contribution in [2.75, 3.05) is 0 Å². The van der Waals surface area contributed by atoms with Gasteiger partial charge in [0, 0.05) is 6.42 Å². The van der Waals surface area contributed by atoms with Crippen LogP contribution in [0.2, 0.25) is 0 Å². The monoisotopic (exact) mass is 234 g/mol. The molecule has 0 bridgehead atoms. The van der Waals surface area contributed by atoms with Gasteiger partial charge in [-0.2, -0.15) is 0 Å². The molecule has 0 amide bonds. The van der Waals surface area contributed by atoms with Crippen molar-refractivity contribution in [1.82, 2.24) is 0 Å². The molecule has 17 heavy (non-hydrogen) atoms. The Morgan fingerprint density at radius 3 is 3.00 bits per heavy atom. The lowest BCUT2D eigenvalue weighted by molar-refractivity contribution is -0.137. The number of hydrogen-bond acceptors (Lipinski definition) is 3. The van der Waals surface area contributed by atoms with Crippen molar-refractivity contribution in [3.05, 3.63) is 29.3 Å². The summed E-state index contributed by atoms with van der Waals surface area (Å²) in [6, 6.07) is 5.87. The van der Waals surface area contributed by atoms with E-state index in [2.05, 4.69) is 0 Å². The minimum absolute atomic E-state index is 0.202. The Morgan fingerprint density at radius 1 is 1.41 bits per heavy atom. The fourth-order valence-electron chi connectivity index (χ4n) is 2.17. The summed E-state index contributed by atoms with van der Waals surface area (Å²) in [4.78, 5) is 10.4. The zero-order valence-electron chi connectivity index (χ0n) is 9.56. The summed E-state index contributed by atoms with van der Waals surface area (Å²) in [6.45, 7) is 0.458. The van der Waals surface area contributed by atoms with Crippen LogP contribution in [-0.4, -0.2) is 23.2 Å². The molecular formula is C12H15BO4. The quantitative estimate of drug-likeness (QED) is 0.581. The highest BCUT2D eigenvalue weighted by Gasteiger charge is 2.29. The third-order valence-corrected chi connectivity index (χ3v) is 3.02. The highest BCUT2D eigenvalue weighted by Crippen LogP contribution is 2.14. The van der Waals surface area contributed by atoms with E-state index in [-0.39, 0.29) is 6.42 Å². The van der Waals surface area contributed by atoms with Gasteiger partial charge in [-0.05, 0) is 35.9 Å². The molecule has 0 spiro atoms. The summed E-state index contributed by atoms with van der Waals surface area (Å²) < 4.78 is 5.17. The maximum Gasteiger partial charge on any atom is 0.492 e. The van der Waals surface area contributed by atoms with Gasteiger partial charge >= 0.3 is 13.1 Å². The fraction of sp³-hybridized carbons (Fsp3) is 0.417. The normalized spacial score (nSPS) is 13.8. The van der Waals surface area contributed by atoms with Crippen LogP contribution in [0.15, 0.2) is 18.2 Å². The molecule has 0 aromatic heterocycles. The smallest absolute Gasteiger partial charge is 0.481 e. The van der Waals surface area contributed by atoms with E-state index in [1.807, 2.05) is 18.2 Å². The van der Waals surface area contributed by atoms with Crippen molar-refractivity contribution in [2.45, 2.75) is 32.3 Å². The first kappa shape index (κ1) is 12.1. The summed E-state index contributed by atoms with van der Waals surface area (Å²) >= 11 is 0. The number of hydrogen-bond donors (Lipinski definition) is 2. The van der Waals surface area contributed by atoms with Crippen molar-refractivity contribution in [1.29, 1.82) is 0 Å². The van der Waals surface area contributed by atoms with Gasteiger partial charge in [0.15, 0.2) is 0 Å². The molecule has 0 fully saturated rings. The van der Waals surface area contributed by atoms with E-state index in [1.54, 1.807) is 0 Å². The minimum atomic E-state index is -0.819. The van der Waals surface area contributed by atoms with Crippen LogP contribution >= 0.6 is 0 Å². The van der Waals surface area contributed by atoms with Gasteiger partial charge in [0.1, 0.15) is 0 Å². The lowest BCUT2D eigenvalue weighted by Crippen LogP contribution is -2.31. The standard InChI is InChI=1S/C12H15BO4/c14-11(15)7-2-1-4-9-5-3-6-10-8-17-13(16)12(9)10/h3,5-6,16H,1-2,4,7-8H2,(H,14,15). The summed E-state index contributed by atoms with van der Waals surface area (Å²) in [7, 11) is -0.819. The number of benzene rings is 1. The maximum atomic E-state index is 10.4. The van der Waals surface area contributed by atoms with Gasteiger partial charge in [0.25, 0.3) is 0 Å². The van der Waals surface area contributed by atoms with Gasteiger partial charge in [-0.25, -0.2) is 0 Å². The van der Waals surface area contributed by atoms with E-state index in [1.165, 1.54) is 0 Å². The van der Waals surface area contributed by atoms with Crippen molar-refractivity contribution < 1.29 is 19.6 Å². The highest BCUT2D eigenvalue weighted by atomic mass is 16.5. The first-order valence-corrected chi connectivity index (χ1v) is 5.80. The molecule has 1 aromatic rings. The molecular weight excluding hydrogens is 219 g/mol. The number of carboxylic acid groups (broad SMARTS) is 1. The number of aliphatic carboxylic acids is 1. The van der Waals surface area contributed by atoms with Crippen molar-refractivity contribution in [2.24, 2.45) is 0 Å². The number of aryl methyl sites for hydroxylation is 1. The molecule has 4 nitrogen and oxygen atoms in total. The van der Waals surface area contributed by atoms with Crippen molar-refractivity contribution >= 4 is 18.6 Å². The highest BCUT2D eigenvalue weighted by molar-refractivity contribution is 6.62. The fourth-order valence-corrected chi connectivity index (χ4v) is 2.17. The van der Waals surface area contributed by atoms with Gasteiger partial charge in [0.2, 0.25) is 0 Å². The van der Waals surface area contributed by atoms with E-state index in [4.69, 9.17) is 9.76 Å². The largest absolute Gasteiger partial charge is 0.492 e. The Kier molecular flexibility index (Phi) is 3.81. The molecule has 90 valence electrons. The number of unbranched alkanes of at least 4 members (excludes halogenated alkanes) is 1. The van der Waals surface area contributed by atoms with E-state index in [0.29, 0.717) is 13.0 Å². The molecule has 1 heterocycles. The van der Waals surface area contributed by atoms with Crippen LogP contribution in [0.5, 0.6) is 0 Å². The molecule has 2 N–H and O–H groups in total. The predicted molar refractivity (Wildman–Crippen MR) is 64.0 cm³/mol. The topological polar surface area (TPSA) is 66.8 Å². The maximum absolute atomic E-state index is 10.4. The predicted octanol–water partition coefficient (Wildman–Crippen LogP) is 0.702. The Labute approximate surface area is 100 Å². The van der Waals surface area contributed by atoms with Crippen LogP contribution < -0.4 is 5.46 Å². The number of carboxylic acids is 1. The summed E-state index contributed by atoms with van der Waals surface area (Å²) in [5, 5.41) is 18.2. The van der Waals surface area contributed by atoms with Crippen LogP contribution in [0, 0.1) is 0 Å². The molecule has 0 atom stereocenters. The van der Waals surface area contributed by atoms with Gasteiger partial charge in [-0.3, -0.25) is 4.79 Å². The zero-order chi connectivity index (χ0) is 12.3. The van der Waals surface area contributed by atoms with Gasteiger partial charge < -0.3 is 14.8 Å². The molecule has 1 aliphatic heterocycles. The van der Waals surface area contributed by atoms with Crippen molar-refractivity contribution in [3.8, 4) is 0 Å². The first-order chi connectivity index (χ1) is 8.18.